The van der Waals surface area contributed by atoms with Gasteiger partial charge in [0.25, 0.3) is 10.9 Å². The minimum atomic E-state index is -0.609. The van der Waals surface area contributed by atoms with Gasteiger partial charge in [0.05, 0.1) is 6.04 Å². The average Bonchev–Trinajstić information content (AvgIpc) is 3.07. The lowest BCUT2D eigenvalue weighted by Crippen LogP contribution is -2.37. The summed E-state index contributed by atoms with van der Waals surface area (Å²) in [6.45, 7) is 3.79. The van der Waals surface area contributed by atoms with Crippen LogP contribution in [0, 0.1) is 6.92 Å². The topological polar surface area (TPSA) is 114 Å². The van der Waals surface area contributed by atoms with Gasteiger partial charge in [0.2, 0.25) is 5.91 Å². The lowest BCUT2D eigenvalue weighted by molar-refractivity contribution is 0.100. The van der Waals surface area contributed by atoms with E-state index in [1.54, 1.807) is 18.2 Å². The summed E-state index contributed by atoms with van der Waals surface area (Å²) >= 11 is 0. The maximum absolute atomic E-state index is 12.0. The van der Waals surface area contributed by atoms with Crippen molar-refractivity contribution in [1.82, 2.24) is 0 Å². The number of aryl methyl sites for hydroxylation is 1. The Labute approximate surface area is 149 Å². The minimum absolute atomic E-state index is 0.165. The molecule has 0 bridgehead atoms. The van der Waals surface area contributed by atoms with Gasteiger partial charge >= 0.3 is 0 Å². The fourth-order valence-electron chi connectivity index (χ4n) is 2.73. The molecule has 1 amide bonds. The highest BCUT2D eigenvalue weighted by atomic mass is 16.3. The molecule has 2 aromatic carbocycles. The molecular formula is C19H19N3O4. The molecule has 0 saturated carbocycles. The van der Waals surface area contributed by atoms with E-state index in [1.807, 2.05) is 26.0 Å². The normalized spacial score (nSPS) is 12.1. The molecule has 134 valence electrons. The molecule has 7 heteroatoms. The summed E-state index contributed by atoms with van der Waals surface area (Å²) < 4.78 is 5.61. The number of hydrogen-bond donors (Lipinski definition) is 3. The molecule has 4 N–H and O–H groups in total. The van der Waals surface area contributed by atoms with Crippen LogP contribution in [0.2, 0.25) is 0 Å². The third-order valence-corrected chi connectivity index (χ3v) is 4.16. The van der Waals surface area contributed by atoms with Gasteiger partial charge in [0, 0.05) is 11.3 Å². The highest BCUT2D eigenvalue weighted by Gasteiger charge is 2.25. The van der Waals surface area contributed by atoms with Crippen LogP contribution < -0.4 is 27.2 Å². The van der Waals surface area contributed by atoms with Crippen LogP contribution in [0.4, 0.5) is 17.1 Å². The van der Waals surface area contributed by atoms with E-state index < -0.39 is 16.8 Å². The lowest BCUT2D eigenvalue weighted by Gasteiger charge is -2.20. The molecule has 0 aliphatic heterocycles. The van der Waals surface area contributed by atoms with Gasteiger partial charge in [0.15, 0.2) is 0 Å². The number of benzene rings is 1. The molecule has 0 unspecified atom stereocenters. The van der Waals surface area contributed by atoms with Gasteiger partial charge < -0.3 is 20.8 Å². The van der Waals surface area contributed by atoms with Crippen LogP contribution in [-0.2, 0) is 0 Å². The average molecular weight is 353 g/mol. The smallest absolute Gasteiger partial charge is 0.253 e. The molecule has 1 heterocycles. The van der Waals surface area contributed by atoms with E-state index in [9.17, 15) is 14.4 Å². The first kappa shape index (κ1) is 17.5. The van der Waals surface area contributed by atoms with E-state index in [2.05, 4.69) is 10.6 Å². The summed E-state index contributed by atoms with van der Waals surface area (Å²) in [5.41, 5.74) is 5.25. The van der Waals surface area contributed by atoms with E-state index in [1.165, 1.54) is 6.07 Å². The number of amides is 1. The molecule has 3 aromatic rings. The van der Waals surface area contributed by atoms with Gasteiger partial charge in [-0.25, -0.2) is 0 Å². The molecule has 0 fully saturated rings. The quantitative estimate of drug-likeness (QED) is 0.563. The number of furan rings is 1. The van der Waals surface area contributed by atoms with Gasteiger partial charge in [-0.1, -0.05) is 13.0 Å². The Morgan fingerprint density at radius 2 is 1.88 bits per heavy atom. The molecule has 0 saturated heterocycles. The van der Waals surface area contributed by atoms with Crippen LogP contribution in [0.15, 0.2) is 50.4 Å². The minimum Gasteiger partial charge on any atom is -0.464 e. The maximum atomic E-state index is 12.0. The number of nitrogens with one attached hydrogen (secondary N) is 2. The Morgan fingerprint density at radius 1 is 1.15 bits per heavy atom. The number of rotatable bonds is 7. The number of primary amides is 1. The second kappa shape index (κ2) is 6.87. The van der Waals surface area contributed by atoms with Crippen molar-refractivity contribution in [2.75, 3.05) is 10.6 Å². The summed E-state index contributed by atoms with van der Waals surface area (Å²) in [5, 5.41) is 5.98. The van der Waals surface area contributed by atoms with Crippen LogP contribution in [0.1, 0.15) is 41.3 Å². The Hall–Kier alpha value is -3.35. The van der Waals surface area contributed by atoms with Crippen LogP contribution in [-0.4, -0.2) is 5.91 Å². The molecule has 0 spiro atoms. The standard InChI is InChI=1S/C19H19N3O4/c1-3-13(14-8-7-10(2)26-14)22-16-15(17(23)18(16)24)21-12-6-4-5-11(9-12)19(20)25/h4-9,13,21-22H,3H2,1-2H3,(H2,20,25)/t13-/m1/s1. The molecule has 0 aliphatic rings. The van der Waals surface area contributed by atoms with Crippen LogP contribution >= 0.6 is 0 Å². The third kappa shape index (κ3) is 3.23. The summed E-state index contributed by atoms with van der Waals surface area (Å²) in [5.74, 6) is 0.891. The van der Waals surface area contributed by atoms with Crippen LogP contribution in [0.5, 0.6) is 0 Å². The van der Waals surface area contributed by atoms with Crippen molar-refractivity contribution in [3.63, 3.8) is 0 Å². The molecular weight excluding hydrogens is 334 g/mol. The summed E-state index contributed by atoms with van der Waals surface area (Å²) in [6.07, 6.45) is 0.669. The highest BCUT2D eigenvalue weighted by molar-refractivity contribution is 5.94. The maximum Gasteiger partial charge on any atom is 0.253 e. The summed E-state index contributed by atoms with van der Waals surface area (Å²) in [6, 6.07) is 9.87. The van der Waals surface area contributed by atoms with Crippen molar-refractivity contribution in [3.05, 3.63) is 73.9 Å². The fraction of sp³-hybridized carbons (Fsp3) is 0.211. The van der Waals surface area contributed by atoms with E-state index in [4.69, 9.17) is 10.2 Å². The number of anilines is 3. The van der Waals surface area contributed by atoms with Crippen molar-refractivity contribution >= 4 is 23.0 Å². The van der Waals surface area contributed by atoms with E-state index >= 15 is 0 Å². The first-order chi connectivity index (χ1) is 12.4. The molecule has 0 radical (unpaired) electrons. The largest absolute Gasteiger partial charge is 0.464 e. The Morgan fingerprint density at radius 3 is 2.50 bits per heavy atom. The number of carbonyl (C=O) groups excluding carboxylic acids is 1. The predicted octanol–water partition coefficient (Wildman–Crippen LogP) is 2.59. The Kier molecular flexibility index (Phi) is 4.62. The zero-order valence-corrected chi connectivity index (χ0v) is 14.5. The van der Waals surface area contributed by atoms with Gasteiger partial charge in [-0.2, -0.15) is 0 Å². The number of nitrogens with two attached hydrogens (primary N) is 1. The van der Waals surface area contributed by atoms with Crippen molar-refractivity contribution in [2.45, 2.75) is 26.3 Å². The zero-order valence-electron chi connectivity index (χ0n) is 14.5. The Balaban J connectivity index is 1.86. The van der Waals surface area contributed by atoms with Gasteiger partial charge in [-0.3, -0.25) is 14.4 Å². The van der Waals surface area contributed by atoms with Crippen molar-refractivity contribution in [2.24, 2.45) is 5.73 Å². The van der Waals surface area contributed by atoms with Crippen molar-refractivity contribution < 1.29 is 9.21 Å². The SMILES string of the molecule is CC[C@@H](Nc1c(Nc2cccc(C(N)=O)c2)c(=O)c1=O)c1ccc(C)o1. The van der Waals surface area contributed by atoms with Crippen LogP contribution in [0.25, 0.3) is 0 Å². The molecule has 1 atom stereocenters. The monoisotopic (exact) mass is 353 g/mol. The van der Waals surface area contributed by atoms with E-state index in [0.717, 1.165) is 5.76 Å². The lowest BCUT2D eigenvalue weighted by atomic mass is 10.1. The molecule has 0 aliphatic carbocycles. The second-order valence-corrected chi connectivity index (χ2v) is 6.03. The second-order valence-electron chi connectivity index (χ2n) is 6.03. The Bertz CT molecular complexity index is 1030. The molecule has 7 nitrogen and oxygen atoms in total. The van der Waals surface area contributed by atoms with E-state index in [-0.39, 0.29) is 17.4 Å². The number of hydrogen-bond acceptors (Lipinski definition) is 6. The third-order valence-electron chi connectivity index (χ3n) is 4.16. The molecule has 3 rings (SSSR count). The van der Waals surface area contributed by atoms with Gasteiger partial charge in [-0.15, -0.1) is 0 Å². The first-order valence-corrected chi connectivity index (χ1v) is 8.23. The highest BCUT2D eigenvalue weighted by Crippen LogP contribution is 2.28. The predicted molar refractivity (Wildman–Crippen MR) is 99.7 cm³/mol. The fourth-order valence-corrected chi connectivity index (χ4v) is 2.73. The molecule has 1 aromatic heterocycles. The summed E-state index contributed by atoms with van der Waals surface area (Å²) in [7, 11) is 0. The van der Waals surface area contributed by atoms with Crippen molar-refractivity contribution in [1.29, 1.82) is 0 Å². The van der Waals surface area contributed by atoms with Crippen LogP contribution in [0.3, 0.4) is 0 Å². The first-order valence-electron chi connectivity index (χ1n) is 8.23. The van der Waals surface area contributed by atoms with Gasteiger partial charge in [0.1, 0.15) is 22.9 Å². The zero-order chi connectivity index (χ0) is 18.8. The summed E-state index contributed by atoms with van der Waals surface area (Å²) in [4.78, 5) is 35.3. The van der Waals surface area contributed by atoms with Gasteiger partial charge in [-0.05, 0) is 43.7 Å². The van der Waals surface area contributed by atoms with Crippen molar-refractivity contribution in [3.8, 4) is 0 Å². The van der Waals surface area contributed by atoms with E-state index in [0.29, 0.717) is 23.4 Å². The molecule has 26 heavy (non-hydrogen) atoms. The number of carbonyl (C=O) groups is 1.